The summed E-state index contributed by atoms with van der Waals surface area (Å²) in [6.45, 7) is 0. The van der Waals surface area contributed by atoms with E-state index >= 15 is 0 Å². The van der Waals surface area contributed by atoms with Crippen LogP contribution in [0, 0.1) is 0 Å². The van der Waals surface area contributed by atoms with E-state index in [4.69, 9.17) is 0 Å². The van der Waals surface area contributed by atoms with Crippen LogP contribution in [0.5, 0.6) is 0 Å². The molecular formula is C58H36. The van der Waals surface area contributed by atoms with Gasteiger partial charge in [-0.05, 0) is 127 Å². The Balaban J connectivity index is 1.17. The Morgan fingerprint density at radius 3 is 1.03 bits per heavy atom. The SMILES string of the molecule is c1ccc(-c2c3c(c(-c4ccccc4)c4ccccc24)-c2ccc(-c4ccc5c(-c6ccccc6)c6ccccc6c(-c6ccccc6)c5c4)c4cccc-3c24)cc1. The Morgan fingerprint density at radius 1 is 0.172 bits per heavy atom. The lowest BCUT2D eigenvalue weighted by molar-refractivity contribution is 1.62. The fourth-order valence-electron chi connectivity index (χ4n) is 10.0. The maximum absolute atomic E-state index is 2.46. The summed E-state index contributed by atoms with van der Waals surface area (Å²) in [5.41, 5.74) is 17.8. The summed E-state index contributed by atoms with van der Waals surface area (Å²) < 4.78 is 0. The van der Waals surface area contributed by atoms with E-state index < -0.39 is 0 Å². The molecule has 0 saturated carbocycles. The van der Waals surface area contributed by atoms with Crippen LogP contribution in [0.15, 0.2) is 218 Å². The van der Waals surface area contributed by atoms with E-state index in [0.29, 0.717) is 0 Å². The fraction of sp³-hybridized carbons (Fsp3) is 0. The van der Waals surface area contributed by atoms with Gasteiger partial charge in [0.2, 0.25) is 0 Å². The lowest BCUT2D eigenvalue weighted by atomic mass is 9.82. The van der Waals surface area contributed by atoms with Gasteiger partial charge in [-0.3, -0.25) is 0 Å². The summed E-state index contributed by atoms with van der Waals surface area (Å²) in [6.07, 6.45) is 0. The molecule has 1 aliphatic carbocycles. The highest BCUT2D eigenvalue weighted by atomic mass is 14.3. The van der Waals surface area contributed by atoms with E-state index in [1.807, 2.05) is 0 Å². The molecule has 0 nitrogen and oxygen atoms in total. The third-order valence-electron chi connectivity index (χ3n) is 12.4. The molecule has 0 amide bonds. The Bertz CT molecular complexity index is 3310. The van der Waals surface area contributed by atoms with Crippen LogP contribution in [-0.2, 0) is 0 Å². The van der Waals surface area contributed by atoms with E-state index in [-0.39, 0.29) is 0 Å². The maximum Gasteiger partial charge on any atom is -0.000741 e. The smallest absolute Gasteiger partial charge is 0.000741 e. The second kappa shape index (κ2) is 13.0. The average Bonchev–Trinajstić information content (AvgIpc) is 3.63. The normalized spacial score (nSPS) is 11.8. The predicted molar refractivity (Wildman–Crippen MR) is 248 cm³/mol. The summed E-state index contributed by atoms with van der Waals surface area (Å²) in [5, 5.41) is 10.2. The van der Waals surface area contributed by atoms with Crippen molar-refractivity contribution in [2.45, 2.75) is 0 Å². The molecule has 1 aliphatic rings. The first-order valence-electron chi connectivity index (χ1n) is 20.2. The van der Waals surface area contributed by atoms with Gasteiger partial charge in [0.1, 0.15) is 0 Å². The zero-order valence-corrected chi connectivity index (χ0v) is 31.8. The molecule has 0 fully saturated rings. The van der Waals surface area contributed by atoms with Gasteiger partial charge in [0.05, 0.1) is 0 Å². The fourth-order valence-corrected chi connectivity index (χ4v) is 10.0. The minimum Gasteiger partial charge on any atom is -0.0622 e. The van der Waals surface area contributed by atoms with Crippen LogP contribution < -0.4 is 0 Å². The first kappa shape index (κ1) is 32.7. The minimum atomic E-state index is 1.22. The highest BCUT2D eigenvalue weighted by Crippen LogP contribution is 2.58. The van der Waals surface area contributed by atoms with Crippen molar-refractivity contribution in [1.29, 1.82) is 0 Å². The van der Waals surface area contributed by atoms with Gasteiger partial charge >= 0.3 is 0 Å². The molecule has 0 spiro atoms. The molecular weight excluding hydrogens is 697 g/mol. The molecule has 11 aromatic carbocycles. The molecule has 58 heavy (non-hydrogen) atoms. The Hall–Kier alpha value is -7.54. The molecule has 0 N–H and O–H groups in total. The first-order valence-corrected chi connectivity index (χ1v) is 20.2. The van der Waals surface area contributed by atoms with Gasteiger partial charge in [0.15, 0.2) is 0 Å². The monoisotopic (exact) mass is 732 g/mol. The Kier molecular flexibility index (Phi) is 7.33. The van der Waals surface area contributed by atoms with Gasteiger partial charge in [0.25, 0.3) is 0 Å². The second-order valence-corrected chi connectivity index (χ2v) is 15.5. The van der Waals surface area contributed by atoms with Gasteiger partial charge in [-0.2, -0.15) is 0 Å². The van der Waals surface area contributed by atoms with Crippen molar-refractivity contribution in [2.24, 2.45) is 0 Å². The zero-order chi connectivity index (χ0) is 38.2. The molecule has 0 atom stereocenters. The summed E-state index contributed by atoms with van der Waals surface area (Å²) in [4.78, 5) is 0. The topological polar surface area (TPSA) is 0 Å². The van der Waals surface area contributed by atoms with E-state index in [1.165, 1.54) is 121 Å². The molecule has 0 bridgehead atoms. The number of fused-ring (bicyclic) bond motifs is 6. The molecule has 0 unspecified atom stereocenters. The van der Waals surface area contributed by atoms with E-state index in [0.717, 1.165) is 0 Å². The number of hydrogen-bond acceptors (Lipinski definition) is 0. The highest BCUT2D eigenvalue weighted by molar-refractivity contribution is 6.29. The number of hydrogen-bond donors (Lipinski definition) is 0. The summed E-state index contributed by atoms with van der Waals surface area (Å²) in [6, 6.07) is 80.6. The molecule has 11 aromatic rings. The lowest BCUT2D eigenvalue weighted by Crippen LogP contribution is -1.93. The molecule has 0 aliphatic heterocycles. The second-order valence-electron chi connectivity index (χ2n) is 15.5. The van der Waals surface area contributed by atoms with Crippen molar-refractivity contribution in [3.8, 4) is 77.9 Å². The van der Waals surface area contributed by atoms with E-state index in [1.54, 1.807) is 0 Å². The summed E-state index contributed by atoms with van der Waals surface area (Å²) in [7, 11) is 0. The van der Waals surface area contributed by atoms with Crippen molar-refractivity contribution in [3.63, 3.8) is 0 Å². The standard InChI is InChI=1S/C58H36/c1-5-18-37(19-6-1)52-44-26-13-14-27-45(44)53(38-20-7-2-8-21-38)51-36-41(32-33-48(51)52)42-34-35-50-56-43(42)30-17-31-49(56)57-54(39-22-9-3-10-23-39)46-28-15-16-29-47(46)55(58(50)57)40-24-11-4-12-25-40/h1-36H. The van der Waals surface area contributed by atoms with E-state index in [2.05, 4.69) is 218 Å². The Labute approximate surface area is 337 Å². The van der Waals surface area contributed by atoms with Crippen LogP contribution in [0.25, 0.3) is 121 Å². The number of benzene rings is 11. The van der Waals surface area contributed by atoms with Crippen LogP contribution in [-0.4, -0.2) is 0 Å². The van der Waals surface area contributed by atoms with Gasteiger partial charge in [-0.25, -0.2) is 0 Å². The van der Waals surface area contributed by atoms with Gasteiger partial charge in [-0.15, -0.1) is 0 Å². The minimum absolute atomic E-state index is 1.22. The third-order valence-corrected chi connectivity index (χ3v) is 12.4. The molecule has 0 heterocycles. The predicted octanol–water partition coefficient (Wildman–Crippen LogP) is 16.3. The molecule has 0 saturated heterocycles. The maximum atomic E-state index is 2.46. The first-order chi connectivity index (χ1) is 28.8. The van der Waals surface area contributed by atoms with Crippen LogP contribution in [0.3, 0.4) is 0 Å². The highest BCUT2D eigenvalue weighted by Gasteiger charge is 2.31. The lowest BCUT2D eigenvalue weighted by Gasteiger charge is -2.20. The van der Waals surface area contributed by atoms with Crippen LogP contribution >= 0.6 is 0 Å². The summed E-state index contributed by atoms with van der Waals surface area (Å²) in [5.74, 6) is 0. The van der Waals surface area contributed by atoms with Crippen molar-refractivity contribution >= 4 is 43.1 Å². The zero-order valence-electron chi connectivity index (χ0n) is 31.8. The van der Waals surface area contributed by atoms with Crippen LogP contribution in [0.4, 0.5) is 0 Å². The van der Waals surface area contributed by atoms with Crippen molar-refractivity contribution < 1.29 is 0 Å². The van der Waals surface area contributed by atoms with Crippen LogP contribution in [0.2, 0.25) is 0 Å². The van der Waals surface area contributed by atoms with E-state index in [9.17, 15) is 0 Å². The summed E-state index contributed by atoms with van der Waals surface area (Å²) >= 11 is 0. The number of rotatable bonds is 5. The van der Waals surface area contributed by atoms with Crippen molar-refractivity contribution in [1.82, 2.24) is 0 Å². The molecule has 0 radical (unpaired) electrons. The molecule has 12 rings (SSSR count). The molecule has 0 heteroatoms. The largest absolute Gasteiger partial charge is 0.0622 e. The van der Waals surface area contributed by atoms with Crippen LogP contribution in [0.1, 0.15) is 0 Å². The average molecular weight is 733 g/mol. The van der Waals surface area contributed by atoms with Gasteiger partial charge < -0.3 is 0 Å². The van der Waals surface area contributed by atoms with Gasteiger partial charge in [-0.1, -0.05) is 212 Å². The molecule has 0 aromatic heterocycles. The molecule has 268 valence electrons. The van der Waals surface area contributed by atoms with Gasteiger partial charge in [0, 0.05) is 0 Å². The van der Waals surface area contributed by atoms with Crippen molar-refractivity contribution in [2.75, 3.05) is 0 Å². The van der Waals surface area contributed by atoms with Crippen molar-refractivity contribution in [3.05, 3.63) is 218 Å². The third kappa shape index (κ3) is 4.82. The quantitative estimate of drug-likeness (QED) is 0.155. The Morgan fingerprint density at radius 2 is 0.534 bits per heavy atom.